The van der Waals surface area contributed by atoms with Gasteiger partial charge < -0.3 is 10.5 Å². The Hall–Kier alpha value is -1.32. The van der Waals surface area contributed by atoms with Gasteiger partial charge in [-0.1, -0.05) is 40.2 Å². The summed E-state index contributed by atoms with van der Waals surface area (Å²) in [6.45, 7) is 2.06. The Morgan fingerprint density at radius 2 is 1.89 bits per heavy atom. The van der Waals surface area contributed by atoms with Gasteiger partial charge in [0.05, 0.1) is 13.2 Å². The largest absolute Gasteiger partial charge is 0.496 e. The van der Waals surface area contributed by atoms with E-state index in [9.17, 15) is 0 Å². The van der Waals surface area contributed by atoms with Gasteiger partial charge in [-0.25, -0.2) is 0 Å². The van der Waals surface area contributed by atoms with E-state index in [-0.39, 0.29) is 6.04 Å². The molecule has 0 amide bonds. The topological polar surface area (TPSA) is 35.2 Å². The number of methoxy groups -OCH3 is 1. The number of ether oxygens (including phenoxy) is 1. The summed E-state index contributed by atoms with van der Waals surface area (Å²) in [4.78, 5) is 0. The second-order valence-electron chi connectivity index (χ2n) is 4.28. The molecule has 2 nitrogen and oxygen atoms in total. The molecule has 2 aromatic carbocycles. The molecule has 2 aromatic rings. The van der Waals surface area contributed by atoms with Crippen LogP contribution in [0.5, 0.6) is 5.75 Å². The normalized spacial score (nSPS) is 12.2. The summed E-state index contributed by atoms with van der Waals surface area (Å²) in [6, 6.07) is 13.9. The van der Waals surface area contributed by atoms with Crippen molar-refractivity contribution in [3.63, 3.8) is 0 Å². The molecule has 0 radical (unpaired) electrons. The van der Waals surface area contributed by atoms with E-state index < -0.39 is 0 Å². The fraction of sp³-hybridized carbons (Fsp3) is 0.200. The maximum absolute atomic E-state index is 6.33. The Kier molecular flexibility index (Phi) is 4.04. The Morgan fingerprint density at radius 1 is 1.17 bits per heavy atom. The average Bonchev–Trinajstić information content (AvgIpc) is 2.36. The third kappa shape index (κ3) is 2.74. The molecule has 0 aliphatic rings. The highest BCUT2D eigenvalue weighted by molar-refractivity contribution is 9.10. The third-order valence-corrected chi connectivity index (χ3v) is 3.36. The zero-order valence-electron chi connectivity index (χ0n) is 10.5. The molecule has 2 rings (SSSR count). The molecule has 1 atom stereocenters. The van der Waals surface area contributed by atoms with E-state index in [4.69, 9.17) is 10.5 Å². The standard InChI is InChI=1S/C15H16BrNO/c1-10-7-11(9-12(16)8-10)15(17)13-5-3-4-6-14(13)18-2/h3-9,15H,17H2,1-2H3. The van der Waals surface area contributed by atoms with Gasteiger partial charge in [-0.3, -0.25) is 0 Å². The minimum absolute atomic E-state index is 0.183. The van der Waals surface area contributed by atoms with Gasteiger partial charge in [0.15, 0.2) is 0 Å². The number of hydrogen-bond acceptors (Lipinski definition) is 2. The lowest BCUT2D eigenvalue weighted by molar-refractivity contribution is 0.408. The van der Waals surface area contributed by atoms with Gasteiger partial charge in [0.25, 0.3) is 0 Å². The van der Waals surface area contributed by atoms with E-state index in [1.807, 2.05) is 30.3 Å². The number of aryl methyl sites for hydroxylation is 1. The second-order valence-corrected chi connectivity index (χ2v) is 5.20. The lowest BCUT2D eigenvalue weighted by Crippen LogP contribution is -2.13. The number of benzene rings is 2. The van der Waals surface area contributed by atoms with E-state index in [2.05, 4.69) is 35.0 Å². The lowest BCUT2D eigenvalue weighted by Gasteiger charge is -2.16. The second kappa shape index (κ2) is 5.55. The number of rotatable bonds is 3. The van der Waals surface area contributed by atoms with E-state index in [1.165, 1.54) is 5.56 Å². The van der Waals surface area contributed by atoms with E-state index in [0.29, 0.717) is 0 Å². The molecule has 0 fully saturated rings. The molecule has 0 bridgehead atoms. The molecule has 0 saturated carbocycles. The van der Waals surface area contributed by atoms with Crippen molar-refractivity contribution in [1.82, 2.24) is 0 Å². The van der Waals surface area contributed by atoms with Crippen molar-refractivity contribution in [2.75, 3.05) is 7.11 Å². The Labute approximate surface area is 116 Å². The van der Waals surface area contributed by atoms with Crippen LogP contribution in [-0.2, 0) is 0 Å². The van der Waals surface area contributed by atoms with Crippen molar-refractivity contribution in [1.29, 1.82) is 0 Å². The molecule has 0 saturated heterocycles. The molecule has 94 valence electrons. The van der Waals surface area contributed by atoms with E-state index >= 15 is 0 Å². The Bertz CT molecular complexity index is 534. The molecule has 1 unspecified atom stereocenters. The summed E-state index contributed by atoms with van der Waals surface area (Å²) in [5.74, 6) is 0.822. The van der Waals surface area contributed by atoms with Crippen LogP contribution >= 0.6 is 15.9 Å². The first-order chi connectivity index (χ1) is 8.61. The third-order valence-electron chi connectivity index (χ3n) is 2.90. The van der Waals surface area contributed by atoms with Crippen LogP contribution in [0.4, 0.5) is 0 Å². The first-order valence-corrected chi connectivity index (χ1v) is 6.56. The summed E-state index contributed by atoms with van der Waals surface area (Å²) in [5, 5.41) is 0. The lowest BCUT2D eigenvalue weighted by atomic mass is 9.97. The van der Waals surface area contributed by atoms with Gasteiger partial charge in [-0.05, 0) is 36.2 Å². The predicted molar refractivity (Wildman–Crippen MR) is 77.9 cm³/mol. The van der Waals surface area contributed by atoms with Crippen LogP contribution in [0.2, 0.25) is 0 Å². The summed E-state index contributed by atoms with van der Waals surface area (Å²) in [6.07, 6.45) is 0. The van der Waals surface area contributed by atoms with Crippen molar-refractivity contribution < 1.29 is 4.74 Å². The Morgan fingerprint density at radius 3 is 2.56 bits per heavy atom. The SMILES string of the molecule is COc1ccccc1C(N)c1cc(C)cc(Br)c1. The fourth-order valence-electron chi connectivity index (χ4n) is 2.05. The smallest absolute Gasteiger partial charge is 0.123 e. The first kappa shape index (κ1) is 13.1. The molecule has 0 aliphatic heterocycles. The number of hydrogen-bond donors (Lipinski definition) is 1. The monoisotopic (exact) mass is 305 g/mol. The van der Waals surface area contributed by atoms with Crippen LogP contribution in [0.3, 0.4) is 0 Å². The average molecular weight is 306 g/mol. The molecule has 18 heavy (non-hydrogen) atoms. The van der Waals surface area contributed by atoms with E-state index in [1.54, 1.807) is 7.11 Å². The highest BCUT2D eigenvalue weighted by Gasteiger charge is 2.14. The van der Waals surface area contributed by atoms with Crippen molar-refractivity contribution in [2.24, 2.45) is 5.73 Å². The highest BCUT2D eigenvalue weighted by Crippen LogP contribution is 2.29. The predicted octanol–water partition coefficient (Wildman–Crippen LogP) is 3.81. The molecule has 3 heteroatoms. The van der Waals surface area contributed by atoms with Crippen molar-refractivity contribution in [2.45, 2.75) is 13.0 Å². The molecule has 0 aromatic heterocycles. The summed E-state index contributed by atoms with van der Waals surface area (Å²) in [7, 11) is 1.66. The molecule has 0 spiro atoms. The van der Waals surface area contributed by atoms with E-state index in [0.717, 1.165) is 21.3 Å². The summed E-state index contributed by atoms with van der Waals surface area (Å²) in [5.41, 5.74) is 9.59. The van der Waals surface area contributed by atoms with Gasteiger partial charge in [0, 0.05) is 10.0 Å². The number of halogens is 1. The zero-order chi connectivity index (χ0) is 13.1. The fourth-order valence-corrected chi connectivity index (χ4v) is 2.67. The minimum atomic E-state index is -0.183. The van der Waals surface area contributed by atoms with Crippen molar-refractivity contribution in [3.05, 3.63) is 63.6 Å². The number of para-hydroxylation sites is 1. The van der Waals surface area contributed by atoms with Crippen LogP contribution in [-0.4, -0.2) is 7.11 Å². The Balaban J connectivity index is 2.44. The zero-order valence-corrected chi connectivity index (χ0v) is 12.1. The van der Waals surface area contributed by atoms with Crippen LogP contribution in [0.1, 0.15) is 22.7 Å². The maximum atomic E-state index is 6.33. The quantitative estimate of drug-likeness (QED) is 0.936. The molecule has 0 heterocycles. The number of nitrogens with two attached hydrogens (primary N) is 1. The highest BCUT2D eigenvalue weighted by atomic mass is 79.9. The van der Waals surface area contributed by atoms with Gasteiger partial charge in [-0.2, -0.15) is 0 Å². The van der Waals surface area contributed by atoms with Crippen LogP contribution in [0, 0.1) is 6.92 Å². The minimum Gasteiger partial charge on any atom is -0.496 e. The van der Waals surface area contributed by atoms with Gasteiger partial charge in [0.2, 0.25) is 0 Å². The summed E-state index contributed by atoms with van der Waals surface area (Å²) < 4.78 is 6.40. The molecule has 0 aliphatic carbocycles. The summed E-state index contributed by atoms with van der Waals surface area (Å²) >= 11 is 3.50. The first-order valence-electron chi connectivity index (χ1n) is 5.77. The molecule has 2 N–H and O–H groups in total. The van der Waals surface area contributed by atoms with Crippen LogP contribution in [0.15, 0.2) is 46.9 Å². The molecular formula is C15H16BrNO. The van der Waals surface area contributed by atoms with Crippen LogP contribution in [0.25, 0.3) is 0 Å². The van der Waals surface area contributed by atoms with Gasteiger partial charge in [0.1, 0.15) is 5.75 Å². The van der Waals surface area contributed by atoms with Gasteiger partial charge in [-0.15, -0.1) is 0 Å². The maximum Gasteiger partial charge on any atom is 0.123 e. The van der Waals surface area contributed by atoms with Gasteiger partial charge >= 0.3 is 0 Å². The van der Waals surface area contributed by atoms with Crippen molar-refractivity contribution >= 4 is 15.9 Å². The van der Waals surface area contributed by atoms with Crippen molar-refractivity contribution in [3.8, 4) is 5.75 Å². The van der Waals surface area contributed by atoms with Crippen LogP contribution < -0.4 is 10.5 Å². The molecular weight excluding hydrogens is 290 g/mol.